The third kappa shape index (κ3) is 1.71. The molecule has 0 fully saturated rings. The third-order valence-corrected chi connectivity index (χ3v) is 4.27. The summed E-state index contributed by atoms with van der Waals surface area (Å²) in [6.07, 6.45) is 3.47. The quantitative estimate of drug-likeness (QED) is 0.717. The van der Waals surface area contributed by atoms with Crippen LogP contribution in [0.15, 0.2) is 52.6 Å². The highest BCUT2D eigenvalue weighted by Gasteiger charge is 2.23. The molecule has 1 atom stereocenters. The Morgan fingerprint density at radius 2 is 2.10 bits per heavy atom. The molecule has 2 aromatic heterocycles. The highest BCUT2D eigenvalue weighted by Crippen LogP contribution is 2.29. The van der Waals surface area contributed by atoms with E-state index in [9.17, 15) is 4.21 Å². The normalized spacial score (nSPS) is 17.0. The van der Waals surface area contributed by atoms with E-state index in [2.05, 4.69) is 25.3 Å². The van der Waals surface area contributed by atoms with Gasteiger partial charge in [0.05, 0.1) is 27.8 Å². The lowest BCUT2D eigenvalue weighted by Gasteiger charge is -2.02. The van der Waals surface area contributed by atoms with Gasteiger partial charge in [-0.25, -0.2) is 19.2 Å². The Hall–Kier alpha value is -2.54. The van der Waals surface area contributed by atoms with E-state index in [4.69, 9.17) is 0 Å². The molecule has 4 rings (SSSR count). The van der Waals surface area contributed by atoms with E-state index in [-0.39, 0.29) is 0 Å². The van der Waals surface area contributed by atoms with Gasteiger partial charge in [0.15, 0.2) is 0 Å². The Balaban J connectivity index is 1.68. The van der Waals surface area contributed by atoms with Crippen LogP contribution in [0.3, 0.4) is 0 Å². The molecule has 3 aromatic rings. The van der Waals surface area contributed by atoms with Crippen molar-refractivity contribution in [1.29, 1.82) is 0 Å². The van der Waals surface area contributed by atoms with Gasteiger partial charge in [0, 0.05) is 6.20 Å². The molecule has 1 aliphatic rings. The zero-order valence-corrected chi connectivity index (χ0v) is 11.0. The molecule has 0 aliphatic carbocycles. The number of amidine groups is 1. The minimum absolute atomic E-state index is 0.362. The monoisotopic (exact) mass is 283 g/mol. The SMILES string of the molecule is O=S1C(Nc2ncc3[nH]ccc3n2)=Nc2ccccc21. The summed E-state index contributed by atoms with van der Waals surface area (Å²) in [6, 6.07) is 9.20. The van der Waals surface area contributed by atoms with Crippen LogP contribution in [-0.4, -0.2) is 24.3 Å². The fourth-order valence-electron chi connectivity index (χ4n) is 2.04. The molecular weight excluding hydrogens is 274 g/mol. The second kappa shape index (κ2) is 4.24. The van der Waals surface area contributed by atoms with Gasteiger partial charge in [-0.15, -0.1) is 0 Å². The second-order valence-electron chi connectivity index (χ2n) is 4.25. The number of H-pyrrole nitrogens is 1. The van der Waals surface area contributed by atoms with Crippen LogP contribution in [0, 0.1) is 0 Å². The lowest BCUT2D eigenvalue weighted by atomic mass is 10.3. The summed E-state index contributed by atoms with van der Waals surface area (Å²) in [7, 11) is -1.31. The topological polar surface area (TPSA) is 83.0 Å². The number of aromatic amines is 1. The van der Waals surface area contributed by atoms with Crippen LogP contribution < -0.4 is 5.32 Å². The fraction of sp³-hybridized carbons (Fsp3) is 0. The average Bonchev–Trinajstić information content (AvgIpc) is 3.05. The van der Waals surface area contributed by atoms with E-state index in [1.807, 2.05) is 24.3 Å². The van der Waals surface area contributed by atoms with Gasteiger partial charge in [-0.2, -0.15) is 0 Å². The number of hydrogen-bond donors (Lipinski definition) is 2. The van der Waals surface area contributed by atoms with E-state index < -0.39 is 10.8 Å². The molecule has 0 amide bonds. The standard InChI is InChI=1S/C13H9N5OS/c19-20-11-4-2-1-3-9(11)17-13(20)18-12-15-7-10-8(16-12)5-6-14-10/h1-7,14H,(H,15,16,17,18). The number of benzene rings is 1. The van der Waals surface area contributed by atoms with Crippen molar-refractivity contribution in [1.82, 2.24) is 15.0 Å². The number of aliphatic imine (C=N–C) groups is 1. The predicted octanol–water partition coefficient (Wildman–Crippen LogP) is 2.18. The first kappa shape index (κ1) is 11.3. The first-order valence-electron chi connectivity index (χ1n) is 5.98. The minimum Gasteiger partial charge on any atom is -0.359 e. The van der Waals surface area contributed by atoms with Gasteiger partial charge < -0.3 is 10.3 Å². The molecule has 7 heteroatoms. The highest BCUT2D eigenvalue weighted by atomic mass is 32.2. The van der Waals surface area contributed by atoms with Gasteiger partial charge in [0.2, 0.25) is 11.1 Å². The molecule has 1 aliphatic heterocycles. The molecule has 0 spiro atoms. The number of fused-ring (bicyclic) bond motifs is 2. The van der Waals surface area contributed by atoms with Gasteiger partial charge in [-0.1, -0.05) is 12.1 Å². The highest BCUT2D eigenvalue weighted by molar-refractivity contribution is 8.01. The first-order valence-corrected chi connectivity index (χ1v) is 7.13. The van der Waals surface area contributed by atoms with E-state index in [1.165, 1.54) is 0 Å². The molecule has 98 valence electrons. The van der Waals surface area contributed by atoms with Crippen LogP contribution in [0.5, 0.6) is 0 Å². The van der Waals surface area contributed by atoms with Crippen LogP contribution in [0.2, 0.25) is 0 Å². The Morgan fingerprint density at radius 3 is 3.00 bits per heavy atom. The summed E-state index contributed by atoms with van der Waals surface area (Å²) in [6.45, 7) is 0. The number of para-hydroxylation sites is 1. The summed E-state index contributed by atoms with van der Waals surface area (Å²) in [5.74, 6) is 0.386. The zero-order valence-electron chi connectivity index (χ0n) is 10.2. The number of aromatic nitrogens is 3. The Kier molecular flexibility index (Phi) is 2.40. The summed E-state index contributed by atoms with van der Waals surface area (Å²) in [4.78, 5) is 16.5. The van der Waals surface area contributed by atoms with Gasteiger partial charge >= 0.3 is 0 Å². The van der Waals surface area contributed by atoms with Crippen LogP contribution in [0.25, 0.3) is 11.0 Å². The van der Waals surface area contributed by atoms with Crippen molar-refractivity contribution in [2.24, 2.45) is 4.99 Å². The van der Waals surface area contributed by atoms with Crippen LogP contribution in [0.1, 0.15) is 0 Å². The zero-order chi connectivity index (χ0) is 13.5. The smallest absolute Gasteiger partial charge is 0.229 e. The van der Waals surface area contributed by atoms with E-state index in [0.717, 1.165) is 16.7 Å². The number of hydrogen-bond acceptors (Lipinski definition) is 5. The van der Waals surface area contributed by atoms with Crippen LogP contribution in [-0.2, 0) is 10.8 Å². The number of rotatable bonds is 1. The molecular formula is C13H9N5OS. The third-order valence-electron chi connectivity index (χ3n) is 2.98. The molecule has 1 aromatic carbocycles. The van der Waals surface area contributed by atoms with Gasteiger partial charge in [-0.05, 0) is 18.2 Å². The molecule has 3 heterocycles. The molecule has 0 saturated carbocycles. The van der Waals surface area contributed by atoms with Gasteiger partial charge in [0.1, 0.15) is 10.8 Å². The largest absolute Gasteiger partial charge is 0.359 e. The number of nitrogens with one attached hydrogen (secondary N) is 2. The number of nitrogens with zero attached hydrogens (tertiary/aromatic N) is 3. The van der Waals surface area contributed by atoms with Crippen molar-refractivity contribution in [2.45, 2.75) is 4.90 Å². The summed E-state index contributed by atoms with van der Waals surface area (Å²) >= 11 is 0. The Bertz CT molecular complexity index is 870. The fourth-order valence-corrected chi connectivity index (χ4v) is 3.11. The van der Waals surface area contributed by atoms with E-state index in [0.29, 0.717) is 16.0 Å². The lowest BCUT2D eigenvalue weighted by Crippen LogP contribution is -2.16. The Labute approximate surface area is 116 Å². The number of anilines is 1. The van der Waals surface area contributed by atoms with Crippen molar-refractivity contribution in [3.8, 4) is 0 Å². The molecule has 1 unspecified atom stereocenters. The minimum atomic E-state index is -1.31. The van der Waals surface area contributed by atoms with Crippen molar-refractivity contribution in [2.75, 3.05) is 5.32 Å². The van der Waals surface area contributed by atoms with Crippen molar-refractivity contribution in [3.05, 3.63) is 42.7 Å². The second-order valence-corrected chi connectivity index (χ2v) is 5.61. The first-order chi connectivity index (χ1) is 9.81. The molecule has 0 saturated heterocycles. The van der Waals surface area contributed by atoms with Crippen LogP contribution in [0.4, 0.5) is 11.6 Å². The van der Waals surface area contributed by atoms with E-state index in [1.54, 1.807) is 18.5 Å². The molecule has 2 N–H and O–H groups in total. The van der Waals surface area contributed by atoms with Crippen molar-refractivity contribution < 1.29 is 4.21 Å². The summed E-state index contributed by atoms with van der Waals surface area (Å²) in [5, 5.41) is 3.30. The summed E-state index contributed by atoms with van der Waals surface area (Å²) in [5.41, 5.74) is 2.37. The average molecular weight is 283 g/mol. The molecule has 6 nitrogen and oxygen atoms in total. The van der Waals surface area contributed by atoms with Crippen molar-refractivity contribution >= 4 is 38.6 Å². The maximum atomic E-state index is 12.3. The van der Waals surface area contributed by atoms with Gasteiger partial charge in [-0.3, -0.25) is 0 Å². The predicted molar refractivity (Wildman–Crippen MR) is 77.5 cm³/mol. The summed E-state index contributed by atoms with van der Waals surface area (Å²) < 4.78 is 12.3. The molecule has 0 radical (unpaired) electrons. The Morgan fingerprint density at radius 1 is 1.20 bits per heavy atom. The maximum absolute atomic E-state index is 12.3. The maximum Gasteiger partial charge on any atom is 0.229 e. The van der Waals surface area contributed by atoms with Crippen molar-refractivity contribution in [3.63, 3.8) is 0 Å². The van der Waals surface area contributed by atoms with Gasteiger partial charge in [0.25, 0.3) is 0 Å². The van der Waals surface area contributed by atoms with E-state index >= 15 is 0 Å². The van der Waals surface area contributed by atoms with Crippen LogP contribution >= 0.6 is 0 Å². The molecule has 0 bridgehead atoms. The molecule has 20 heavy (non-hydrogen) atoms. The lowest BCUT2D eigenvalue weighted by molar-refractivity contribution is 0.690.